The zero-order valence-electron chi connectivity index (χ0n) is 15.3. The number of aliphatic carboxylic acids is 1. The average Bonchev–Trinajstić information content (AvgIpc) is 2.66. The third kappa shape index (κ3) is 9.06. The topological polar surface area (TPSA) is 57.5 Å². The van der Waals surface area contributed by atoms with Crippen LogP contribution in [-0.4, -0.2) is 22.8 Å². The molecule has 0 bridgehead atoms. The van der Waals surface area contributed by atoms with E-state index in [4.69, 9.17) is 10.2 Å². The Labute approximate surface area is 151 Å². The van der Waals surface area contributed by atoms with Crippen LogP contribution in [0, 0.1) is 0 Å². The lowest BCUT2D eigenvalue weighted by Gasteiger charge is -2.09. The van der Waals surface area contributed by atoms with Crippen LogP contribution < -0.4 is 0 Å². The predicted molar refractivity (Wildman–Crippen MR) is 103 cm³/mol. The summed E-state index contributed by atoms with van der Waals surface area (Å²) in [6, 6.07) is 20.4. The summed E-state index contributed by atoms with van der Waals surface area (Å²) in [5.41, 5.74) is 2.58. The van der Waals surface area contributed by atoms with Gasteiger partial charge >= 0.3 is 5.97 Å². The normalized spacial score (nSPS) is 12.6. The van der Waals surface area contributed by atoms with E-state index in [1.807, 2.05) is 36.4 Å². The highest BCUT2D eigenvalue weighted by molar-refractivity contribution is 5.66. The lowest BCUT2D eigenvalue weighted by atomic mass is 9.96. The largest absolute Gasteiger partial charge is 0.481 e. The number of carboxylic acids is 1. The SMILES string of the molecule is CC(CCC(=O)O)c1ccccc1.CC(CCCO)c1ccccc1. The van der Waals surface area contributed by atoms with Gasteiger partial charge in [0.1, 0.15) is 0 Å². The van der Waals surface area contributed by atoms with Crippen LogP contribution in [0.2, 0.25) is 0 Å². The fourth-order valence-electron chi connectivity index (χ4n) is 2.63. The molecule has 0 fully saturated rings. The van der Waals surface area contributed by atoms with E-state index >= 15 is 0 Å². The van der Waals surface area contributed by atoms with Gasteiger partial charge in [0.2, 0.25) is 0 Å². The summed E-state index contributed by atoms with van der Waals surface area (Å²) in [6.07, 6.45) is 2.92. The molecule has 25 heavy (non-hydrogen) atoms. The number of hydrogen-bond acceptors (Lipinski definition) is 2. The molecule has 0 aromatic heterocycles. The molecule has 2 aromatic rings. The Hall–Kier alpha value is -2.13. The van der Waals surface area contributed by atoms with Crippen molar-refractivity contribution in [3.8, 4) is 0 Å². The molecule has 0 aliphatic carbocycles. The predicted octanol–water partition coefficient (Wildman–Crippen LogP) is 5.22. The summed E-state index contributed by atoms with van der Waals surface area (Å²) >= 11 is 0. The van der Waals surface area contributed by atoms with Crippen molar-refractivity contribution in [2.24, 2.45) is 0 Å². The Morgan fingerprint density at radius 1 is 0.840 bits per heavy atom. The molecule has 2 atom stereocenters. The highest BCUT2D eigenvalue weighted by Gasteiger charge is 2.06. The van der Waals surface area contributed by atoms with Gasteiger partial charge in [-0.15, -0.1) is 0 Å². The van der Waals surface area contributed by atoms with Gasteiger partial charge in [0.05, 0.1) is 0 Å². The van der Waals surface area contributed by atoms with Gasteiger partial charge in [0.15, 0.2) is 0 Å². The standard InChI is InChI=1S/C11H14O2.C11H16O/c1-9(7-8-11(12)13)10-5-3-2-4-6-10;1-10(6-5-9-12)11-7-3-2-4-8-11/h2-6,9H,7-8H2,1H3,(H,12,13);2-4,7-8,10,12H,5-6,9H2,1H3. The van der Waals surface area contributed by atoms with Gasteiger partial charge in [-0.05, 0) is 42.2 Å². The lowest BCUT2D eigenvalue weighted by molar-refractivity contribution is -0.137. The maximum atomic E-state index is 10.3. The molecule has 3 heteroatoms. The Kier molecular flexibility index (Phi) is 10.3. The van der Waals surface area contributed by atoms with Crippen molar-refractivity contribution in [1.82, 2.24) is 0 Å². The maximum Gasteiger partial charge on any atom is 0.303 e. The summed E-state index contributed by atoms with van der Waals surface area (Å²) in [7, 11) is 0. The summed E-state index contributed by atoms with van der Waals surface area (Å²) in [6.45, 7) is 4.56. The Morgan fingerprint density at radius 2 is 1.28 bits per heavy atom. The lowest BCUT2D eigenvalue weighted by Crippen LogP contribution is -1.99. The van der Waals surface area contributed by atoms with E-state index in [1.165, 1.54) is 11.1 Å². The highest BCUT2D eigenvalue weighted by atomic mass is 16.4. The van der Waals surface area contributed by atoms with Crippen molar-refractivity contribution in [3.05, 3.63) is 71.8 Å². The molecular formula is C22H30O3. The minimum absolute atomic E-state index is 0.246. The van der Waals surface area contributed by atoms with Crippen LogP contribution in [0.4, 0.5) is 0 Å². The van der Waals surface area contributed by atoms with Crippen molar-refractivity contribution in [2.45, 2.75) is 51.4 Å². The molecule has 0 aliphatic rings. The number of benzene rings is 2. The number of hydrogen-bond donors (Lipinski definition) is 2. The van der Waals surface area contributed by atoms with E-state index in [2.05, 4.69) is 38.1 Å². The molecule has 0 radical (unpaired) electrons. The van der Waals surface area contributed by atoms with Crippen LogP contribution in [0.3, 0.4) is 0 Å². The molecule has 2 N–H and O–H groups in total. The Morgan fingerprint density at radius 3 is 1.68 bits per heavy atom. The first-order valence-corrected chi connectivity index (χ1v) is 8.97. The summed E-state index contributed by atoms with van der Waals surface area (Å²) in [4.78, 5) is 10.3. The fraction of sp³-hybridized carbons (Fsp3) is 0.409. The van der Waals surface area contributed by atoms with Crippen LogP contribution in [-0.2, 0) is 4.79 Å². The third-order valence-electron chi connectivity index (χ3n) is 4.32. The third-order valence-corrected chi connectivity index (χ3v) is 4.32. The zero-order chi connectivity index (χ0) is 18.5. The second-order valence-corrected chi connectivity index (χ2v) is 6.42. The molecular weight excluding hydrogens is 312 g/mol. The second-order valence-electron chi connectivity index (χ2n) is 6.42. The molecule has 0 aliphatic heterocycles. The number of rotatable bonds is 8. The maximum absolute atomic E-state index is 10.3. The van der Waals surface area contributed by atoms with E-state index in [1.54, 1.807) is 0 Å². The van der Waals surface area contributed by atoms with Crippen molar-refractivity contribution in [3.63, 3.8) is 0 Å². The molecule has 0 saturated heterocycles. The number of aliphatic hydroxyl groups excluding tert-OH is 1. The molecule has 136 valence electrons. The van der Waals surface area contributed by atoms with E-state index in [0.29, 0.717) is 24.9 Å². The van der Waals surface area contributed by atoms with Gasteiger partial charge in [-0.25, -0.2) is 0 Å². The molecule has 0 amide bonds. The Balaban J connectivity index is 0.000000251. The monoisotopic (exact) mass is 342 g/mol. The number of carbonyl (C=O) groups is 1. The minimum Gasteiger partial charge on any atom is -0.481 e. The first kappa shape index (κ1) is 20.9. The van der Waals surface area contributed by atoms with Gasteiger partial charge in [0.25, 0.3) is 0 Å². The first-order valence-electron chi connectivity index (χ1n) is 8.97. The van der Waals surface area contributed by atoms with Crippen LogP contribution >= 0.6 is 0 Å². The number of aliphatic hydroxyl groups is 1. The van der Waals surface area contributed by atoms with Crippen LogP contribution in [0.15, 0.2) is 60.7 Å². The Bertz CT molecular complexity index is 581. The van der Waals surface area contributed by atoms with Gasteiger partial charge in [-0.3, -0.25) is 4.79 Å². The van der Waals surface area contributed by atoms with Gasteiger partial charge in [-0.2, -0.15) is 0 Å². The van der Waals surface area contributed by atoms with Crippen molar-refractivity contribution >= 4 is 5.97 Å². The van der Waals surface area contributed by atoms with E-state index in [0.717, 1.165) is 12.8 Å². The molecule has 0 spiro atoms. The van der Waals surface area contributed by atoms with Crippen molar-refractivity contribution < 1.29 is 15.0 Å². The smallest absolute Gasteiger partial charge is 0.303 e. The molecule has 2 aromatic carbocycles. The van der Waals surface area contributed by atoms with E-state index in [-0.39, 0.29) is 6.42 Å². The van der Waals surface area contributed by atoms with Gasteiger partial charge in [-0.1, -0.05) is 74.5 Å². The molecule has 0 heterocycles. The molecule has 2 rings (SSSR count). The summed E-state index contributed by atoms with van der Waals surface area (Å²) < 4.78 is 0. The average molecular weight is 342 g/mol. The van der Waals surface area contributed by atoms with Crippen LogP contribution in [0.5, 0.6) is 0 Å². The number of carboxylic acid groups (broad SMARTS) is 1. The van der Waals surface area contributed by atoms with E-state index in [9.17, 15) is 4.79 Å². The fourth-order valence-corrected chi connectivity index (χ4v) is 2.63. The van der Waals surface area contributed by atoms with Crippen LogP contribution in [0.25, 0.3) is 0 Å². The molecule has 3 nitrogen and oxygen atoms in total. The van der Waals surface area contributed by atoms with Crippen molar-refractivity contribution in [2.75, 3.05) is 6.61 Å². The quantitative estimate of drug-likeness (QED) is 0.691. The molecule has 2 unspecified atom stereocenters. The van der Waals surface area contributed by atoms with Crippen LogP contribution in [0.1, 0.15) is 62.5 Å². The summed E-state index contributed by atoms with van der Waals surface area (Å²) in [5, 5.41) is 17.2. The highest BCUT2D eigenvalue weighted by Crippen LogP contribution is 2.20. The second kappa shape index (κ2) is 12.3. The zero-order valence-corrected chi connectivity index (χ0v) is 15.3. The first-order chi connectivity index (χ1) is 12.0. The van der Waals surface area contributed by atoms with Gasteiger partial charge < -0.3 is 10.2 Å². The minimum atomic E-state index is -0.720. The van der Waals surface area contributed by atoms with Crippen molar-refractivity contribution in [1.29, 1.82) is 0 Å². The summed E-state index contributed by atoms with van der Waals surface area (Å²) in [5.74, 6) is 0.179. The molecule has 0 saturated carbocycles. The van der Waals surface area contributed by atoms with Gasteiger partial charge in [0, 0.05) is 13.0 Å². The van der Waals surface area contributed by atoms with E-state index < -0.39 is 5.97 Å².